The number of ether oxygens (including phenoxy) is 1. The highest BCUT2D eigenvalue weighted by molar-refractivity contribution is 5.75. The molecule has 0 fully saturated rings. The maximum absolute atomic E-state index is 10.6. The smallest absolute Gasteiger partial charge is 0.211 e. The summed E-state index contributed by atoms with van der Waals surface area (Å²) in [5.41, 5.74) is 3.27. The predicted molar refractivity (Wildman–Crippen MR) is 114 cm³/mol. The van der Waals surface area contributed by atoms with E-state index in [0.717, 1.165) is 24.1 Å². The second-order valence-electron chi connectivity index (χ2n) is 7.40. The highest BCUT2D eigenvalue weighted by Crippen LogP contribution is 2.26. The fourth-order valence-corrected chi connectivity index (χ4v) is 2.33. The van der Waals surface area contributed by atoms with E-state index in [-0.39, 0.29) is 0 Å². The molecule has 2 aromatic carbocycles. The fraction of sp³-hybridized carbons (Fsp3) is 0.435. The Hall–Kier alpha value is -2.33. The van der Waals surface area contributed by atoms with Crippen molar-refractivity contribution < 1.29 is 9.53 Å². The van der Waals surface area contributed by atoms with Gasteiger partial charge in [-0.15, -0.1) is 0 Å². The molecule has 0 saturated heterocycles. The van der Waals surface area contributed by atoms with E-state index in [4.69, 9.17) is 4.74 Å². The maximum Gasteiger partial charge on any atom is 0.211 e. The number of hydrogen-bond donors (Lipinski definition) is 2. The van der Waals surface area contributed by atoms with Gasteiger partial charge < -0.3 is 15.4 Å². The molecule has 0 heterocycles. The lowest BCUT2D eigenvalue weighted by Crippen LogP contribution is -2.36. The number of rotatable bonds is 8. The average Bonchev–Trinajstić information content (AvgIpc) is 2.66. The van der Waals surface area contributed by atoms with Crippen molar-refractivity contribution in [2.45, 2.75) is 59.6 Å². The summed E-state index contributed by atoms with van der Waals surface area (Å²) in [6.45, 7) is 12.4. The molecule has 27 heavy (non-hydrogen) atoms. The van der Waals surface area contributed by atoms with Crippen molar-refractivity contribution in [1.82, 2.24) is 5.32 Å². The Balaban J connectivity index is 0.000000387. The van der Waals surface area contributed by atoms with E-state index in [0.29, 0.717) is 30.0 Å². The second kappa shape index (κ2) is 12.1. The van der Waals surface area contributed by atoms with Gasteiger partial charge in [-0.2, -0.15) is 0 Å². The molecule has 0 aliphatic heterocycles. The molecule has 0 aromatic heterocycles. The van der Waals surface area contributed by atoms with Gasteiger partial charge >= 0.3 is 0 Å². The van der Waals surface area contributed by atoms with Crippen LogP contribution >= 0.6 is 0 Å². The van der Waals surface area contributed by atoms with Crippen molar-refractivity contribution in [3.8, 4) is 5.75 Å². The molecule has 2 aromatic rings. The molecule has 0 unspecified atom stereocenters. The van der Waals surface area contributed by atoms with Crippen LogP contribution in [0.25, 0.3) is 0 Å². The van der Waals surface area contributed by atoms with Gasteiger partial charge in [0.25, 0.3) is 0 Å². The number of aryl methyl sites for hydroxylation is 1. The normalized spacial score (nSPS) is 10.6. The Bertz CT molecular complexity index is 664. The zero-order chi connectivity index (χ0) is 20.1. The molecule has 4 nitrogen and oxygen atoms in total. The first-order chi connectivity index (χ1) is 12.9. The third-order valence-electron chi connectivity index (χ3n) is 3.81. The summed E-state index contributed by atoms with van der Waals surface area (Å²) >= 11 is 0. The summed E-state index contributed by atoms with van der Waals surface area (Å²) in [4.78, 5) is 10.6. The number of carbonyl (C=O) groups excluding carboxylic acids is 1. The van der Waals surface area contributed by atoms with Gasteiger partial charge in [-0.1, -0.05) is 50.2 Å². The standard InChI is InChI=1S/C16H17NO2.C7H17N/c1-2-13-8-9-16(15(10-13)17-12-18)19-11-14-6-4-3-5-7-14;1-5-6-8-7(2,3)4/h3-10,12H,2,11H2,1H3,(H,17,18);8H,5-6H2,1-4H3. The first kappa shape index (κ1) is 22.7. The van der Waals surface area contributed by atoms with Crippen molar-refractivity contribution in [1.29, 1.82) is 0 Å². The summed E-state index contributed by atoms with van der Waals surface area (Å²) in [5, 5.41) is 6.05. The molecule has 0 atom stereocenters. The summed E-state index contributed by atoms with van der Waals surface area (Å²) in [6, 6.07) is 15.8. The van der Waals surface area contributed by atoms with Crippen molar-refractivity contribution >= 4 is 12.1 Å². The molecule has 0 aliphatic carbocycles. The highest BCUT2D eigenvalue weighted by Gasteiger charge is 2.06. The second-order valence-corrected chi connectivity index (χ2v) is 7.40. The molecule has 1 amide bonds. The third-order valence-corrected chi connectivity index (χ3v) is 3.81. The number of carbonyl (C=O) groups is 1. The van der Waals surface area contributed by atoms with Gasteiger partial charge in [0.2, 0.25) is 6.41 Å². The molecule has 2 rings (SSSR count). The molecule has 0 spiro atoms. The first-order valence-corrected chi connectivity index (χ1v) is 9.64. The van der Waals surface area contributed by atoms with Crippen LogP contribution in [0.3, 0.4) is 0 Å². The van der Waals surface area contributed by atoms with Crippen LogP contribution in [0.5, 0.6) is 5.75 Å². The lowest BCUT2D eigenvalue weighted by atomic mass is 10.1. The molecule has 0 saturated carbocycles. The van der Waals surface area contributed by atoms with Crippen molar-refractivity contribution in [3.63, 3.8) is 0 Å². The van der Waals surface area contributed by atoms with Crippen molar-refractivity contribution in [3.05, 3.63) is 59.7 Å². The first-order valence-electron chi connectivity index (χ1n) is 9.64. The van der Waals surface area contributed by atoms with Gasteiger partial charge in [-0.3, -0.25) is 4.79 Å². The molecule has 0 radical (unpaired) electrons. The van der Waals surface area contributed by atoms with Crippen LogP contribution in [-0.4, -0.2) is 18.5 Å². The van der Waals surface area contributed by atoms with Gasteiger partial charge in [-0.25, -0.2) is 0 Å². The number of nitrogens with one attached hydrogen (secondary N) is 2. The van der Waals surface area contributed by atoms with Crippen molar-refractivity contribution in [2.24, 2.45) is 0 Å². The van der Waals surface area contributed by atoms with Crippen LogP contribution in [0.15, 0.2) is 48.5 Å². The molecular weight excluding hydrogens is 336 g/mol. The minimum absolute atomic E-state index is 0.302. The summed E-state index contributed by atoms with van der Waals surface area (Å²) in [6.07, 6.45) is 2.81. The summed E-state index contributed by atoms with van der Waals surface area (Å²) in [5.74, 6) is 0.688. The Labute approximate surface area is 164 Å². The number of benzene rings is 2. The molecule has 148 valence electrons. The van der Waals surface area contributed by atoms with Gasteiger partial charge in [-0.05, 0) is 63.4 Å². The monoisotopic (exact) mass is 370 g/mol. The van der Waals surface area contributed by atoms with Gasteiger partial charge in [0.05, 0.1) is 5.69 Å². The van der Waals surface area contributed by atoms with Crippen LogP contribution in [0.2, 0.25) is 0 Å². The van der Waals surface area contributed by atoms with Crippen molar-refractivity contribution in [2.75, 3.05) is 11.9 Å². The Morgan fingerprint density at radius 2 is 1.70 bits per heavy atom. The van der Waals surface area contributed by atoms with Gasteiger partial charge in [0.1, 0.15) is 12.4 Å². The van der Waals surface area contributed by atoms with E-state index in [1.165, 1.54) is 6.42 Å². The van der Waals surface area contributed by atoms with Crippen LogP contribution in [-0.2, 0) is 17.8 Å². The van der Waals surface area contributed by atoms with Crippen LogP contribution in [0.4, 0.5) is 5.69 Å². The van der Waals surface area contributed by atoms with Crippen LogP contribution < -0.4 is 15.4 Å². The predicted octanol–water partition coefficient (Wildman–Crippen LogP) is 5.18. The lowest BCUT2D eigenvalue weighted by Gasteiger charge is -2.19. The largest absolute Gasteiger partial charge is 0.487 e. The number of anilines is 1. The molecular formula is C23H34N2O2. The van der Waals surface area contributed by atoms with Crippen LogP contribution in [0.1, 0.15) is 52.2 Å². The molecule has 2 N–H and O–H groups in total. The third kappa shape index (κ3) is 9.80. The number of amides is 1. The maximum atomic E-state index is 10.6. The Morgan fingerprint density at radius 1 is 1.00 bits per heavy atom. The SMILES string of the molecule is CCCNC(C)(C)C.CCc1ccc(OCc2ccccc2)c(NC=O)c1. The summed E-state index contributed by atoms with van der Waals surface area (Å²) in [7, 11) is 0. The topological polar surface area (TPSA) is 50.4 Å². The van der Waals surface area contributed by atoms with Gasteiger partial charge in [0.15, 0.2) is 0 Å². The molecule has 4 heteroatoms. The zero-order valence-electron chi connectivity index (χ0n) is 17.3. The van der Waals surface area contributed by atoms with E-state index >= 15 is 0 Å². The van der Waals surface area contributed by atoms with E-state index < -0.39 is 0 Å². The van der Waals surface area contributed by atoms with E-state index in [1.54, 1.807) is 0 Å². The van der Waals surface area contributed by atoms with Gasteiger partial charge in [0, 0.05) is 5.54 Å². The number of hydrogen-bond acceptors (Lipinski definition) is 3. The minimum Gasteiger partial charge on any atom is -0.487 e. The quantitative estimate of drug-likeness (QED) is 0.630. The zero-order valence-corrected chi connectivity index (χ0v) is 17.3. The highest BCUT2D eigenvalue weighted by atomic mass is 16.5. The average molecular weight is 371 g/mol. The fourth-order valence-electron chi connectivity index (χ4n) is 2.33. The Kier molecular flexibility index (Phi) is 10.2. The molecule has 0 aliphatic rings. The molecule has 0 bridgehead atoms. The van der Waals surface area contributed by atoms with E-state index in [1.807, 2.05) is 48.5 Å². The van der Waals surface area contributed by atoms with E-state index in [9.17, 15) is 4.79 Å². The van der Waals surface area contributed by atoms with Crippen LogP contribution in [0, 0.1) is 0 Å². The Morgan fingerprint density at radius 3 is 2.22 bits per heavy atom. The minimum atomic E-state index is 0.302. The summed E-state index contributed by atoms with van der Waals surface area (Å²) < 4.78 is 5.75. The lowest BCUT2D eigenvalue weighted by molar-refractivity contribution is -0.105. The van der Waals surface area contributed by atoms with E-state index in [2.05, 4.69) is 45.3 Å².